The SMILES string of the molecule is CCNC(=NCc1cn2ccsc2n1)N(C)CCOc1ccccc1.I. The average molecular weight is 485 g/mol. The molecule has 3 aromatic rings. The Bertz CT molecular complexity index is 789. The molecule has 0 aliphatic rings. The van der Waals surface area contributed by atoms with Crippen molar-refractivity contribution >= 4 is 46.2 Å². The molecule has 26 heavy (non-hydrogen) atoms. The summed E-state index contributed by atoms with van der Waals surface area (Å²) in [7, 11) is 2.02. The van der Waals surface area contributed by atoms with Crippen LogP contribution in [-0.2, 0) is 6.54 Å². The summed E-state index contributed by atoms with van der Waals surface area (Å²) in [6, 6.07) is 9.85. The molecule has 6 nitrogen and oxygen atoms in total. The largest absolute Gasteiger partial charge is 0.492 e. The number of likely N-dealkylation sites (N-methyl/N-ethyl adjacent to an activating group) is 1. The fraction of sp³-hybridized carbons (Fsp3) is 0.333. The molecule has 0 aliphatic heterocycles. The number of fused-ring (bicyclic) bond motifs is 1. The van der Waals surface area contributed by atoms with Crippen LogP contribution in [0, 0.1) is 0 Å². The Hall–Kier alpha value is -1.81. The van der Waals surface area contributed by atoms with Crippen LogP contribution in [0.2, 0.25) is 0 Å². The quantitative estimate of drug-likeness (QED) is 0.316. The molecule has 0 fully saturated rings. The minimum atomic E-state index is 0. The number of nitrogens with zero attached hydrogens (tertiary/aromatic N) is 4. The maximum Gasteiger partial charge on any atom is 0.194 e. The Kier molecular flexibility index (Phi) is 8.17. The van der Waals surface area contributed by atoms with Crippen LogP contribution in [0.25, 0.3) is 4.96 Å². The van der Waals surface area contributed by atoms with E-state index in [2.05, 4.69) is 27.1 Å². The molecule has 0 amide bonds. The number of nitrogens with one attached hydrogen (secondary N) is 1. The van der Waals surface area contributed by atoms with Gasteiger partial charge in [-0.2, -0.15) is 0 Å². The van der Waals surface area contributed by atoms with Crippen LogP contribution in [0.15, 0.2) is 53.1 Å². The predicted molar refractivity (Wildman–Crippen MR) is 118 cm³/mol. The minimum absolute atomic E-state index is 0. The number of imidazole rings is 1. The van der Waals surface area contributed by atoms with E-state index in [0.717, 1.165) is 35.5 Å². The van der Waals surface area contributed by atoms with Crippen molar-refractivity contribution in [2.24, 2.45) is 4.99 Å². The van der Waals surface area contributed by atoms with E-state index in [9.17, 15) is 0 Å². The molecule has 0 aliphatic carbocycles. The van der Waals surface area contributed by atoms with Crippen molar-refractivity contribution in [2.45, 2.75) is 13.5 Å². The van der Waals surface area contributed by atoms with Gasteiger partial charge in [0.25, 0.3) is 0 Å². The second kappa shape index (κ2) is 10.4. The fourth-order valence-electron chi connectivity index (χ4n) is 2.40. The van der Waals surface area contributed by atoms with E-state index in [-0.39, 0.29) is 24.0 Å². The van der Waals surface area contributed by atoms with Gasteiger partial charge in [0.15, 0.2) is 10.9 Å². The third-order valence-corrected chi connectivity index (χ3v) is 4.44. The number of para-hydroxylation sites is 1. The highest BCUT2D eigenvalue weighted by molar-refractivity contribution is 14.0. The summed E-state index contributed by atoms with van der Waals surface area (Å²) in [5.74, 6) is 1.74. The lowest BCUT2D eigenvalue weighted by Crippen LogP contribution is -2.40. The molecule has 8 heteroatoms. The van der Waals surface area contributed by atoms with Crippen LogP contribution in [-0.4, -0.2) is 47.0 Å². The maximum atomic E-state index is 5.76. The first-order chi connectivity index (χ1) is 12.3. The second-order valence-electron chi connectivity index (χ2n) is 5.58. The van der Waals surface area contributed by atoms with Crippen molar-refractivity contribution in [2.75, 3.05) is 26.7 Å². The van der Waals surface area contributed by atoms with E-state index in [1.807, 2.05) is 59.6 Å². The first kappa shape index (κ1) is 20.5. The molecular weight excluding hydrogens is 461 g/mol. The summed E-state index contributed by atoms with van der Waals surface area (Å²) in [5.41, 5.74) is 0.969. The van der Waals surface area contributed by atoms with Crippen LogP contribution in [0.3, 0.4) is 0 Å². The van der Waals surface area contributed by atoms with E-state index in [0.29, 0.717) is 13.2 Å². The number of hydrogen-bond donors (Lipinski definition) is 1. The van der Waals surface area contributed by atoms with Crippen molar-refractivity contribution < 1.29 is 4.74 Å². The molecular formula is C18H24IN5OS. The zero-order valence-corrected chi connectivity index (χ0v) is 18.1. The first-order valence-electron chi connectivity index (χ1n) is 8.34. The van der Waals surface area contributed by atoms with Gasteiger partial charge in [0.1, 0.15) is 12.4 Å². The average Bonchev–Trinajstić information content (AvgIpc) is 3.21. The number of ether oxygens (including phenoxy) is 1. The summed E-state index contributed by atoms with van der Waals surface area (Å²) < 4.78 is 7.79. The Morgan fingerprint density at radius 2 is 2.15 bits per heavy atom. The van der Waals surface area contributed by atoms with Gasteiger partial charge in [-0.25, -0.2) is 9.98 Å². The monoisotopic (exact) mass is 485 g/mol. The molecule has 0 bridgehead atoms. The topological polar surface area (TPSA) is 54.2 Å². The number of benzene rings is 1. The highest BCUT2D eigenvalue weighted by Crippen LogP contribution is 2.12. The van der Waals surface area contributed by atoms with Crippen LogP contribution in [0.5, 0.6) is 5.75 Å². The maximum absolute atomic E-state index is 5.76. The van der Waals surface area contributed by atoms with Gasteiger partial charge in [-0.3, -0.25) is 4.40 Å². The van der Waals surface area contributed by atoms with Gasteiger partial charge in [0.05, 0.1) is 18.8 Å². The number of rotatable bonds is 7. The summed E-state index contributed by atoms with van der Waals surface area (Å²) >= 11 is 1.63. The highest BCUT2D eigenvalue weighted by atomic mass is 127. The molecule has 3 rings (SSSR count). The van der Waals surface area contributed by atoms with Crippen molar-refractivity contribution in [3.8, 4) is 5.75 Å². The zero-order valence-electron chi connectivity index (χ0n) is 15.0. The van der Waals surface area contributed by atoms with Gasteiger partial charge in [0, 0.05) is 31.4 Å². The summed E-state index contributed by atoms with van der Waals surface area (Å²) in [6.45, 7) is 4.79. The van der Waals surface area contributed by atoms with Crippen LogP contribution in [0.1, 0.15) is 12.6 Å². The Morgan fingerprint density at radius 1 is 1.35 bits per heavy atom. The van der Waals surface area contributed by atoms with Crippen molar-refractivity contribution in [1.29, 1.82) is 0 Å². The van der Waals surface area contributed by atoms with Crippen molar-refractivity contribution in [3.05, 3.63) is 53.8 Å². The fourth-order valence-corrected chi connectivity index (χ4v) is 3.12. The molecule has 2 heterocycles. The normalized spacial score (nSPS) is 11.2. The van der Waals surface area contributed by atoms with Gasteiger partial charge in [-0.1, -0.05) is 18.2 Å². The van der Waals surface area contributed by atoms with Gasteiger partial charge in [0.2, 0.25) is 0 Å². The third kappa shape index (κ3) is 5.60. The number of aliphatic imine (C=N–C) groups is 1. The molecule has 0 atom stereocenters. The van der Waals surface area contributed by atoms with E-state index in [4.69, 9.17) is 4.74 Å². The lowest BCUT2D eigenvalue weighted by Gasteiger charge is -2.22. The van der Waals surface area contributed by atoms with E-state index in [1.54, 1.807) is 11.3 Å². The Morgan fingerprint density at radius 3 is 2.88 bits per heavy atom. The number of aromatic nitrogens is 2. The molecule has 0 saturated carbocycles. The molecule has 140 valence electrons. The standard InChI is InChI=1S/C18H23N5OS.HI/c1-3-19-17(20-13-15-14-23-10-12-25-18(23)21-15)22(2)9-11-24-16-7-5-4-6-8-16;/h4-8,10,12,14H,3,9,11,13H2,1-2H3,(H,19,20);1H. The molecule has 1 N–H and O–H groups in total. The van der Waals surface area contributed by atoms with Gasteiger partial charge < -0.3 is 15.0 Å². The molecule has 0 radical (unpaired) electrons. The number of hydrogen-bond acceptors (Lipinski definition) is 4. The van der Waals surface area contributed by atoms with Crippen LogP contribution in [0.4, 0.5) is 0 Å². The molecule has 0 saturated heterocycles. The summed E-state index contributed by atoms with van der Waals surface area (Å²) in [4.78, 5) is 12.3. The zero-order chi connectivity index (χ0) is 17.5. The third-order valence-electron chi connectivity index (χ3n) is 3.67. The summed E-state index contributed by atoms with van der Waals surface area (Å²) in [6.07, 6.45) is 4.04. The number of guanidine groups is 1. The van der Waals surface area contributed by atoms with Gasteiger partial charge in [-0.15, -0.1) is 35.3 Å². The second-order valence-corrected chi connectivity index (χ2v) is 6.45. The molecule has 0 unspecified atom stereocenters. The molecule has 0 spiro atoms. The molecule has 1 aromatic carbocycles. The van der Waals surface area contributed by atoms with Crippen molar-refractivity contribution in [3.63, 3.8) is 0 Å². The highest BCUT2D eigenvalue weighted by Gasteiger charge is 2.07. The Labute approximate surface area is 174 Å². The Balaban J connectivity index is 0.00000243. The van der Waals surface area contributed by atoms with Gasteiger partial charge in [-0.05, 0) is 19.1 Å². The first-order valence-corrected chi connectivity index (χ1v) is 9.22. The van der Waals surface area contributed by atoms with Crippen molar-refractivity contribution in [1.82, 2.24) is 19.6 Å². The lowest BCUT2D eigenvalue weighted by atomic mass is 10.3. The molecule has 2 aromatic heterocycles. The summed E-state index contributed by atoms with van der Waals surface area (Å²) in [5, 5.41) is 5.35. The van der Waals surface area contributed by atoms with Crippen LogP contribution < -0.4 is 10.1 Å². The lowest BCUT2D eigenvalue weighted by molar-refractivity contribution is 0.281. The van der Waals surface area contributed by atoms with Crippen LogP contribution >= 0.6 is 35.3 Å². The predicted octanol–water partition coefficient (Wildman–Crippen LogP) is 3.49. The smallest absolute Gasteiger partial charge is 0.194 e. The van der Waals surface area contributed by atoms with E-state index < -0.39 is 0 Å². The number of halogens is 1. The number of thiazole rings is 1. The van der Waals surface area contributed by atoms with Gasteiger partial charge >= 0.3 is 0 Å². The minimum Gasteiger partial charge on any atom is -0.492 e. The van der Waals surface area contributed by atoms with E-state index >= 15 is 0 Å². The van der Waals surface area contributed by atoms with E-state index in [1.165, 1.54) is 0 Å².